The van der Waals surface area contributed by atoms with Crippen molar-refractivity contribution in [1.29, 1.82) is 0 Å². The summed E-state index contributed by atoms with van der Waals surface area (Å²) in [6, 6.07) is 4.36. The number of hydrogen-bond donors (Lipinski definition) is 0. The van der Waals surface area contributed by atoms with E-state index in [1.807, 2.05) is 31.0 Å². The second kappa shape index (κ2) is 5.79. The van der Waals surface area contributed by atoms with Gasteiger partial charge in [-0.25, -0.2) is 0 Å². The highest BCUT2D eigenvalue weighted by Gasteiger charge is 2.40. The molecule has 0 bridgehead atoms. The Morgan fingerprint density at radius 2 is 1.95 bits per heavy atom. The first kappa shape index (κ1) is 15.1. The molecule has 5 heteroatoms. The molecule has 0 radical (unpaired) electrons. The second-order valence-electron chi connectivity index (χ2n) is 6.24. The van der Waals surface area contributed by atoms with E-state index in [0.717, 1.165) is 53.6 Å². The Balaban J connectivity index is 1.71. The Morgan fingerprint density at radius 3 is 2.62 bits per heavy atom. The number of carbonyl (C=O) groups is 1. The van der Waals surface area contributed by atoms with Crippen LogP contribution in [-0.2, 0) is 11.3 Å². The lowest BCUT2D eigenvalue weighted by atomic mass is 9.92. The Hall–Kier alpha value is -0.770. The molecule has 2 fully saturated rings. The maximum absolute atomic E-state index is 11.8. The second-order valence-corrected chi connectivity index (χ2v) is 7.06. The number of benzene rings is 1. The van der Waals surface area contributed by atoms with Crippen LogP contribution in [0.2, 0.25) is 10.0 Å². The molecule has 2 saturated heterocycles. The molecular formula is C16H20Cl2N2O. The van der Waals surface area contributed by atoms with E-state index in [-0.39, 0.29) is 5.91 Å². The monoisotopic (exact) mass is 326 g/mol. The smallest absolute Gasteiger partial charge is 0.222 e. The quantitative estimate of drug-likeness (QED) is 0.832. The average Bonchev–Trinajstić information content (AvgIpc) is 2.72. The van der Waals surface area contributed by atoms with Crippen LogP contribution in [-0.4, -0.2) is 41.9 Å². The van der Waals surface area contributed by atoms with Crippen LogP contribution in [0.5, 0.6) is 0 Å². The maximum Gasteiger partial charge on any atom is 0.222 e. The van der Waals surface area contributed by atoms with Crippen molar-refractivity contribution in [3.63, 3.8) is 0 Å². The van der Waals surface area contributed by atoms with Crippen LogP contribution in [0.3, 0.4) is 0 Å². The van der Waals surface area contributed by atoms with Gasteiger partial charge in [0.1, 0.15) is 0 Å². The molecule has 1 aromatic carbocycles. The van der Waals surface area contributed by atoms with Gasteiger partial charge in [-0.15, -0.1) is 0 Å². The van der Waals surface area contributed by atoms with Gasteiger partial charge in [0.05, 0.1) is 0 Å². The van der Waals surface area contributed by atoms with Crippen molar-refractivity contribution in [3.05, 3.63) is 33.3 Å². The summed E-state index contributed by atoms with van der Waals surface area (Å²) in [7, 11) is 1.93. The summed E-state index contributed by atoms with van der Waals surface area (Å²) in [5.74, 6) is 0.817. The molecule has 2 aliphatic heterocycles. The highest BCUT2D eigenvalue weighted by Crippen LogP contribution is 2.32. The van der Waals surface area contributed by atoms with Crippen LogP contribution in [0.4, 0.5) is 0 Å². The summed E-state index contributed by atoms with van der Waals surface area (Å²) in [6.45, 7) is 4.74. The van der Waals surface area contributed by atoms with Crippen LogP contribution in [0.1, 0.15) is 24.0 Å². The predicted molar refractivity (Wildman–Crippen MR) is 85.8 cm³/mol. The van der Waals surface area contributed by atoms with Gasteiger partial charge in [0.15, 0.2) is 0 Å². The standard InChI is InChI=1S/C16H20Cl2N2O/c1-10-13(17)5-11(6-14(10)18)8-20-4-3-12-7-16(21)19(2)15(12)9-20/h5-6,12,15H,3-4,7-9H2,1-2H3/t12-,15-/m1/s1. The van der Waals surface area contributed by atoms with Crippen LogP contribution < -0.4 is 0 Å². The number of piperidine rings is 1. The minimum atomic E-state index is 0.285. The van der Waals surface area contributed by atoms with Gasteiger partial charge in [-0.1, -0.05) is 23.2 Å². The van der Waals surface area contributed by atoms with E-state index in [0.29, 0.717) is 12.0 Å². The van der Waals surface area contributed by atoms with E-state index in [4.69, 9.17) is 23.2 Å². The van der Waals surface area contributed by atoms with Crippen molar-refractivity contribution in [3.8, 4) is 0 Å². The summed E-state index contributed by atoms with van der Waals surface area (Å²) in [4.78, 5) is 16.1. The molecule has 2 atom stereocenters. The predicted octanol–water partition coefficient (Wildman–Crippen LogP) is 3.35. The number of likely N-dealkylation sites (N-methyl/N-ethyl adjacent to an activating group) is 1. The van der Waals surface area contributed by atoms with Gasteiger partial charge < -0.3 is 4.90 Å². The third kappa shape index (κ3) is 2.92. The first-order chi connectivity index (χ1) is 9.95. The molecule has 0 unspecified atom stereocenters. The van der Waals surface area contributed by atoms with Crippen molar-refractivity contribution in [2.24, 2.45) is 5.92 Å². The maximum atomic E-state index is 11.8. The molecule has 0 aliphatic carbocycles. The zero-order chi connectivity index (χ0) is 15.1. The lowest BCUT2D eigenvalue weighted by Crippen LogP contribution is -2.47. The highest BCUT2D eigenvalue weighted by atomic mass is 35.5. The number of fused-ring (bicyclic) bond motifs is 1. The van der Waals surface area contributed by atoms with Gasteiger partial charge in [0.2, 0.25) is 5.91 Å². The molecule has 0 aromatic heterocycles. The third-order valence-corrected chi connectivity index (χ3v) is 5.67. The fourth-order valence-electron chi connectivity index (χ4n) is 3.47. The molecule has 2 aliphatic rings. The Morgan fingerprint density at radius 1 is 1.29 bits per heavy atom. The van der Waals surface area contributed by atoms with Gasteiger partial charge in [-0.3, -0.25) is 9.69 Å². The van der Waals surface area contributed by atoms with Gasteiger partial charge in [0.25, 0.3) is 0 Å². The van der Waals surface area contributed by atoms with Crippen molar-refractivity contribution in [2.75, 3.05) is 20.1 Å². The van der Waals surface area contributed by atoms with E-state index in [9.17, 15) is 4.79 Å². The molecule has 3 rings (SSSR count). The number of likely N-dealkylation sites (tertiary alicyclic amines) is 2. The number of halogens is 2. The van der Waals surface area contributed by atoms with Gasteiger partial charge in [-0.2, -0.15) is 0 Å². The van der Waals surface area contributed by atoms with Crippen LogP contribution in [0.15, 0.2) is 12.1 Å². The normalized spacial score (nSPS) is 26.3. The van der Waals surface area contributed by atoms with E-state index in [2.05, 4.69) is 4.90 Å². The van der Waals surface area contributed by atoms with E-state index >= 15 is 0 Å². The molecule has 0 N–H and O–H groups in total. The van der Waals surface area contributed by atoms with E-state index < -0.39 is 0 Å². The van der Waals surface area contributed by atoms with Gasteiger partial charge >= 0.3 is 0 Å². The van der Waals surface area contributed by atoms with Gasteiger partial charge in [-0.05, 0) is 49.1 Å². The molecule has 114 valence electrons. The number of hydrogen-bond acceptors (Lipinski definition) is 2. The van der Waals surface area contributed by atoms with Crippen molar-refractivity contribution in [1.82, 2.24) is 9.80 Å². The van der Waals surface area contributed by atoms with E-state index in [1.165, 1.54) is 0 Å². The highest BCUT2D eigenvalue weighted by molar-refractivity contribution is 6.36. The summed E-state index contributed by atoms with van der Waals surface area (Å²) < 4.78 is 0. The number of carbonyl (C=O) groups excluding carboxylic acids is 1. The molecule has 21 heavy (non-hydrogen) atoms. The Labute approximate surface area is 135 Å². The summed E-state index contributed by atoms with van der Waals surface area (Å²) in [5, 5.41) is 1.45. The van der Waals surface area contributed by atoms with Crippen LogP contribution in [0, 0.1) is 12.8 Å². The average molecular weight is 327 g/mol. The Kier molecular flexibility index (Phi) is 4.17. The molecule has 0 spiro atoms. The zero-order valence-corrected chi connectivity index (χ0v) is 13.9. The molecule has 1 aromatic rings. The Bertz CT molecular complexity index is 552. The molecule has 3 nitrogen and oxygen atoms in total. The summed E-state index contributed by atoms with van der Waals surface area (Å²) >= 11 is 12.4. The molecule has 2 heterocycles. The third-order valence-electron chi connectivity index (χ3n) is 4.88. The largest absolute Gasteiger partial charge is 0.341 e. The molecule has 1 amide bonds. The summed E-state index contributed by atoms with van der Waals surface area (Å²) in [5.41, 5.74) is 2.07. The topological polar surface area (TPSA) is 23.6 Å². The lowest BCUT2D eigenvalue weighted by Gasteiger charge is -2.37. The fourth-order valence-corrected chi connectivity index (χ4v) is 4.00. The summed E-state index contributed by atoms with van der Waals surface area (Å²) in [6.07, 6.45) is 1.81. The minimum absolute atomic E-state index is 0.285. The van der Waals surface area contributed by atoms with Crippen molar-refractivity contribution in [2.45, 2.75) is 32.4 Å². The molecule has 0 saturated carbocycles. The van der Waals surface area contributed by atoms with Crippen molar-refractivity contribution >= 4 is 29.1 Å². The minimum Gasteiger partial charge on any atom is -0.341 e. The zero-order valence-electron chi connectivity index (χ0n) is 12.4. The van der Waals surface area contributed by atoms with Crippen molar-refractivity contribution < 1.29 is 4.79 Å². The number of rotatable bonds is 2. The SMILES string of the molecule is Cc1c(Cl)cc(CN2CC[C@@H]3CC(=O)N(C)[C@@H]3C2)cc1Cl. The van der Waals surface area contributed by atoms with E-state index in [1.54, 1.807) is 0 Å². The fraction of sp³-hybridized carbons (Fsp3) is 0.562. The van der Waals surface area contributed by atoms with Gasteiger partial charge in [0, 0.05) is 42.6 Å². The number of nitrogens with zero attached hydrogens (tertiary/aromatic N) is 2. The first-order valence-corrected chi connectivity index (χ1v) is 8.14. The first-order valence-electron chi connectivity index (χ1n) is 7.38. The number of amides is 1. The van der Waals surface area contributed by atoms with Crippen LogP contribution >= 0.6 is 23.2 Å². The lowest BCUT2D eigenvalue weighted by molar-refractivity contribution is -0.127. The van der Waals surface area contributed by atoms with Crippen LogP contribution in [0.25, 0.3) is 0 Å². The molecular weight excluding hydrogens is 307 g/mol.